The third kappa shape index (κ3) is 2.51. The van der Waals surface area contributed by atoms with E-state index in [1.807, 2.05) is 25.1 Å². The zero-order chi connectivity index (χ0) is 13.3. The second kappa shape index (κ2) is 4.42. The van der Waals surface area contributed by atoms with E-state index in [4.69, 9.17) is 0 Å². The molecule has 0 aliphatic rings. The molecule has 2 N–H and O–H groups in total. The predicted molar refractivity (Wildman–Crippen MR) is 71.3 cm³/mol. The van der Waals surface area contributed by atoms with E-state index in [1.165, 1.54) is 0 Å². The summed E-state index contributed by atoms with van der Waals surface area (Å²) >= 11 is 0. The van der Waals surface area contributed by atoms with Gasteiger partial charge in [-0.3, -0.25) is 4.98 Å². The van der Waals surface area contributed by atoms with Gasteiger partial charge in [0.1, 0.15) is 5.75 Å². The first-order chi connectivity index (χ1) is 8.38. The fraction of sp³-hybridized carbons (Fsp3) is 0.267. The van der Waals surface area contributed by atoms with E-state index in [-0.39, 0.29) is 5.75 Å². The van der Waals surface area contributed by atoms with E-state index >= 15 is 0 Å². The van der Waals surface area contributed by atoms with Gasteiger partial charge < -0.3 is 10.2 Å². The van der Waals surface area contributed by atoms with Crippen LogP contribution in [-0.4, -0.2) is 15.2 Å². The third-order valence-electron chi connectivity index (χ3n) is 2.97. The quantitative estimate of drug-likeness (QED) is 0.852. The highest BCUT2D eigenvalue weighted by molar-refractivity contribution is 5.65. The number of nitrogens with zero attached hydrogens (tertiary/aromatic N) is 1. The molecule has 0 aliphatic heterocycles. The van der Waals surface area contributed by atoms with E-state index in [9.17, 15) is 10.2 Å². The zero-order valence-electron chi connectivity index (χ0n) is 10.8. The summed E-state index contributed by atoms with van der Waals surface area (Å²) in [7, 11) is 0. The second-order valence-electron chi connectivity index (χ2n) is 5.02. The van der Waals surface area contributed by atoms with Gasteiger partial charge in [-0.2, -0.15) is 0 Å². The lowest BCUT2D eigenvalue weighted by molar-refractivity contribution is 0.0783. The second-order valence-corrected chi connectivity index (χ2v) is 5.02. The molecule has 0 atom stereocenters. The highest BCUT2D eigenvalue weighted by Crippen LogP contribution is 2.28. The SMILES string of the molecule is Cc1cc(-c2cncc(C(C)(C)O)c2)ccc1O. The molecule has 0 aliphatic carbocycles. The van der Waals surface area contributed by atoms with E-state index in [0.717, 1.165) is 22.3 Å². The molecule has 1 aromatic heterocycles. The molecule has 0 saturated heterocycles. The van der Waals surface area contributed by atoms with Crippen molar-refractivity contribution in [2.45, 2.75) is 26.4 Å². The first kappa shape index (κ1) is 12.6. The van der Waals surface area contributed by atoms with Crippen LogP contribution in [0.4, 0.5) is 0 Å². The molecule has 3 nitrogen and oxygen atoms in total. The van der Waals surface area contributed by atoms with Crippen molar-refractivity contribution in [3.8, 4) is 16.9 Å². The number of aryl methyl sites for hydroxylation is 1. The molecule has 94 valence electrons. The number of aromatic nitrogens is 1. The summed E-state index contributed by atoms with van der Waals surface area (Å²) in [4.78, 5) is 4.16. The Morgan fingerprint density at radius 1 is 1.06 bits per heavy atom. The minimum atomic E-state index is -0.908. The van der Waals surface area contributed by atoms with Gasteiger partial charge in [0.2, 0.25) is 0 Å². The standard InChI is InChI=1S/C15H17NO2/c1-10-6-11(4-5-14(10)17)12-7-13(9-16-8-12)15(2,3)18/h4-9,17-18H,1-3H3. The van der Waals surface area contributed by atoms with Crippen molar-refractivity contribution in [1.29, 1.82) is 0 Å². The van der Waals surface area contributed by atoms with E-state index in [2.05, 4.69) is 4.98 Å². The molecular weight excluding hydrogens is 226 g/mol. The number of pyridine rings is 1. The van der Waals surface area contributed by atoms with Gasteiger partial charge in [-0.15, -0.1) is 0 Å². The van der Waals surface area contributed by atoms with E-state index in [0.29, 0.717) is 0 Å². The summed E-state index contributed by atoms with van der Waals surface area (Å²) in [6, 6.07) is 7.33. The van der Waals surface area contributed by atoms with E-state index < -0.39 is 5.60 Å². The van der Waals surface area contributed by atoms with Gasteiger partial charge in [-0.05, 0) is 50.1 Å². The number of benzene rings is 1. The molecule has 0 radical (unpaired) electrons. The molecule has 0 fully saturated rings. The summed E-state index contributed by atoms with van der Waals surface area (Å²) in [5.41, 5.74) is 2.59. The van der Waals surface area contributed by atoms with Crippen LogP contribution < -0.4 is 0 Å². The highest BCUT2D eigenvalue weighted by Gasteiger charge is 2.16. The molecule has 1 aromatic carbocycles. The highest BCUT2D eigenvalue weighted by atomic mass is 16.3. The Labute approximate surface area is 107 Å². The molecular formula is C15H17NO2. The fourth-order valence-electron chi connectivity index (χ4n) is 1.77. The van der Waals surface area contributed by atoms with Crippen LogP contribution in [0.25, 0.3) is 11.1 Å². The molecule has 0 unspecified atom stereocenters. The fourth-order valence-corrected chi connectivity index (χ4v) is 1.77. The molecule has 2 aromatic rings. The van der Waals surface area contributed by atoms with Gasteiger partial charge in [-0.1, -0.05) is 6.07 Å². The number of phenolic OH excluding ortho intramolecular Hbond substituents is 1. The minimum absolute atomic E-state index is 0.283. The summed E-state index contributed by atoms with van der Waals surface area (Å²) < 4.78 is 0. The number of phenols is 1. The average Bonchev–Trinajstić information content (AvgIpc) is 2.32. The van der Waals surface area contributed by atoms with Crippen molar-refractivity contribution >= 4 is 0 Å². The summed E-state index contributed by atoms with van der Waals surface area (Å²) in [5.74, 6) is 0.283. The number of hydrogen-bond donors (Lipinski definition) is 2. The van der Waals surface area contributed by atoms with Crippen LogP contribution in [0.1, 0.15) is 25.0 Å². The smallest absolute Gasteiger partial charge is 0.118 e. The molecule has 2 rings (SSSR count). The first-order valence-corrected chi connectivity index (χ1v) is 5.86. The van der Waals surface area contributed by atoms with Gasteiger partial charge >= 0.3 is 0 Å². The lowest BCUT2D eigenvalue weighted by Gasteiger charge is -2.18. The van der Waals surface area contributed by atoms with Gasteiger partial charge in [0, 0.05) is 23.5 Å². The van der Waals surface area contributed by atoms with Crippen LogP contribution in [0, 0.1) is 6.92 Å². The Bertz CT molecular complexity index is 571. The van der Waals surface area contributed by atoms with Gasteiger partial charge in [0.25, 0.3) is 0 Å². The molecule has 0 saturated carbocycles. The number of rotatable bonds is 2. The Morgan fingerprint density at radius 3 is 2.39 bits per heavy atom. The van der Waals surface area contributed by atoms with Crippen molar-refractivity contribution < 1.29 is 10.2 Å². The molecule has 3 heteroatoms. The van der Waals surface area contributed by atoms with Crippen molar-refractivity contribution in [1.82, 2.24) is 4.98 Å². The monoisotopic (exact) mass is 243 g/mol. The number of aliphatic hydroxyl groups is 1. The van der Waals surface area contributed by atoms with Gasteiger partial charge in [-0.25, -0.2) is 0 Å². The van der Waals surface area contributed by atoms with Crippen LogP contribution in [0.5, 0.6) is 5.75 Å². The normalized spacial score (nSPS) is 11.6. The predicted octanol–water partition coefficient (Wildman–Crippen LogP) is 2.99. The first-order valence-electron chi connectivity index (χ1n) is 5.86. The lowest BCUT2D eigenvalue weighted by atomic mass is 9.96. The van der Waals surface area contributed by atoms with Crippen LogP contribution >= 0.6 is 0 Å². The Balaban J connectivity index is 2.48. The number of aromatic hydroxyl groups is 1. The lowest BCUT2D eigenvalue weighted by Crippen LogP contribution is -2.15. The molecule has 1 heterocycles. The van der Waals surface area contributed by atoms with Crippen LogP contribution in [0.15, 0.2) is 36.7 Å². The zero-order valence-corrected chi connectivity index (χ0v) is 10.8. The largest absolute Gasteiger partial charge is 0.508 e. The molecule has 0 bridgehead atoms. The van der Waals surface area contributed by atoms with Gasteiger partial charge in [0.15, 0.2) is 0 Å². The minimum Gasteiger partial charge on any atom is -0.508 e. The molecule has 18 heavy (non-hydrogen) atoms. The maximum Gasteiger partial charge on any atom is 0.118 e. The average molecular weight is 243 g/mol. The van der Waals surface area contributed by atoms with Crippen LogP contribution in [-0.2, 0) is 5.60 Å². The summed E-state index contributed by atoms with van der Waals surface area (Å²) in [6.45, 7) is 5.32. The number of hydrogen-bond acceptors (Lipinski definition) is 3. The molecule has 0 spiro atoms. The maximum atomic E-state index is 9.98. The third-order valence-corrected chi connectivity index (χ3v) is 2.97. The maximum absolute atomic E-state index is 9.98. The Morgan fingerprint density at radius 2 is 1.78 bits per heavy atom. The van der Waals surface area contributed by atoms with E-state index in [1.54, 1.807) is 32.3 Å². The Kier molecular flexibility index (Phi) is 3.09. The van der Waals surface area contributed by atoms with Crippen molar-refractivity contribution in [2.24, 2.45) is 0 Å². The summed E-state index contributed by atoms with van der Waals surface area (Å²) in [6.07, 6.45) is 3.41. The van der Waals surface area contributed by atoms with Crippen molar-refractivity contribution in [3.63, 3.8) is 0 Å². The van der Waals surface area contributed by atoms with Gasteiger partial charge in [0.05, 0.1) is 5.60 Å². The molecule has 0 amide bonds. The van der Waals surface area contributed by atoms with Crippen molar-refractivity contribution in [2.75, 3.05) is 0 Å². The topological polar surface area (TPSA) is 53.4 Å². The van der Waals surface area contributed by atoms with Crippen LogP contribution in [0.2, 0.25) is 0 Å². The van der Waals surface area contributed by atoms with Crippen molar-refractivity contribution in [3.05, 3.63) is 47.8 Å². The summed E-state index contributed by atoms with van der Waals surface area (Å²) in [5, 5.41) is 19.5. The Hall–Kier alpha value is -1.87. The van der Waals surface area contributed by atoms with Crippen LogP contribution in [0.3, 0.4) is 0 Å².